The Balaban J connectivity index is 4.33. The summed E-state index contributed by atoms with van der Waals surface area (Å²) in [4.78, 5) is 21.2. The van der Waals surface area contributed by atoms with E-state index in [1.807, 2.05) is 0 Å². The number of Topliss-reactive ketones (excluding diaryl/α,β-unsaturated/α-hetero) is 1. The van der Waals surface area contributed by atoms with Crippen molar-refractivity contribution in [1.82, 2.24) is 0 Å². The summed E-state index contributed by atoms with van der Waals surface area (Å²) >= 11 is 0. The van der Waals surface area contributed by atoms with Gasteiger partial charge in [0, 0.05) is 12.1 Å². The Bertz CT molecular complexity index is 210. The lowest BCUT2D eigenvalue weighted by atomic mass is 9.96. The van der Waals surface area contributed by atoms with Crippen LogP contribution in [0, 0.1) is 11.3 Å². The lowest BCUT2D eigenvalue weighted by Gasteiger charge is -2.09. The number of hydrogen-bond donors (Lipinski definition) is 2. The number of carboxylic acids is 1. The SMILES string of the molecule is CCC(=N)C(CC(C)=O)C(=O)O. The molecule has 4 nitrogen and oxygen atoms in total. The van der Waals surface area contributed by atoms with E-state index in [4.69, 9.17) is 10.5 Å². The smallest absolute Gasteiger partial charge is 0.312 e. The maximum atomic E-state index is 10.6. The molecular weight excluding hydrogens is 158 g/mol. The van der Waals surface area contributed by atoms with Gasteiger partial charge < -0.3 is 10.5 Å². The first-order valence-electron chi connectivity index (χ1n) is 3.78. The fraction of sp³-hybridized carbons (Fsp3) is 0.625. The third-order valence-electron chi connectivity index (χ3n) is 1.59. The van der Waals surface area contributed by atoms with Crippen LogP contribution in [0.4, 0.5) is 0 Å². The molecule has 0 aromatic heterocycles. The maximum absolute atomic E-state index is 10.6. The Hall–Kier alpha value is -1.19. The van der Waals surface area contributed by atoms with Crippen LogP contribution in [-0.4, -0.2) is 22.6 Å². The molecule has 0 aliphatic carbocycles. The molecule has 0 aromatic rings. The summed E-state index contributed by atoms with van der Waals surface area (Å²) in [5, 5.41) is 15.9. The Morgan fingerprint density at radius 3 is 2.25 bits per heavy atom. The number of nitrogens with one attached hydrogen (secondary N) is 1. The summed E-state index contributed by atoms with van der Waals surface area (Å²) in [5.41, 5.74) is 0.109. The van der Waals surface area contributed by atoms with Gasteiger partial charge in [0.1, 0.15) is 11.7 Å². The minimum Gasteiger partial charge on any atom is -0.481 e. The molecule has 0 bridgehead atoms. The number of carboxylic acid groups (broad SMARTS) is 1. The largest absolute Gasteiger partial charge is 0.481 e. The molecule has 0 aliphatic rings. The number of ketones is 1. The van der Waals surface area contributed by atoms with E-state index < -0.39 is 11.9 Å². The van der Waals surface area contributed by atoms with Gasteiger partial charge in [-0.1, -0.05) is 6.92 Å². The van der Waals surface area contributed by atoms with Crippen molar-refractivity contribution in [2.75, 3.05) is 0 Å². The monoisotopic (exact) mass is 171 g/mol. The number of hydrogen-bond acceptors (Lipinski definition) is 3. The van der Waals surface area contributed by atoms with Crippen LogP contribution in [0.25, 0.3) is 0 Å². The Kier molecular flexibility index (Phi) is 4.18. The molecule has 1 atom stereocenters. The van der Waals surface area contributed by atoms with Gasteiger partial charge in [-0.05, 0) is 13.3 Å². The minimum atomic E-state index is -1.09. The number of rotatable bonds is 5. The molecule has 0 aliphatic heterocycles. The third-order valence-corrected chi connectivity index (χ3v) is 1.59. The van der Waals surface area contributed by atoms with Crippen molar-refractivity contribution >= 4 is 17.5 Å². The van der Waals surface area contributed by atoms with E-state index in [0.717, 1.165) is 0 Å². The van der Waals surface area contributed by atoms with Crippen LogP contribution in [0.5, 0.6) is 0 Å². The predicted octanol–water partition coefficient (Wildman–Crippen LogP) is 1.10. The highest BCUT2D eigenvalue weighted by Crippen LogP contribution is 2.08. The Morgan fingerprint density at radius 1 is 1.50 bits per heavy atom. The van der Waals surface area contributed by atoms with Gasteiger partial charge in [0.2, 0.25) is 0 Å². The highest BCUT2D eigenvalue weighted by atomic mass is 16.4. The van der Waals surface area contributed by atoms with Crippen LogP contribution in [-0.2, 0) is 9.59 Å². The molecule has 4 heteroatoms. The summed E-state index contributed by atoms with van der Waals surface area (Å²) in [6.45, 7) is 3.04. The average molecular weight is 171 g/mol. The summed E-state index contributed by atoms with van der Waals surface area (Å²) in [5.74, 6) is -2.20. The van der Waals surface area contributed by atoms with E-state index >= 15 is 0 Å². The van der Waals surface area contributed by atoms with Crippen molar-refractivity contribution in [1.29, 1.82) is 5.41 Å². The van der Waals surface area contributed by atoms with Gasteiger partial charge in [-0.25, -0.2) is 0 Å². The second kappa shape index (κ2) is 4.64. The minimum absolute atomic E-state index is 0.0675. The molecule has 68 valence electrons. The number of carbonyl (C=O) groups is 2. The average Bonchev–Trinajstić information content (AvgIpc) is 1.98. The first-order valence-corrected chi connectivity index (χ1v) is 3.78. The standard InChI is InChI=1S/C8H13NO3/c1-3-7(9)6(8(11)12)4-5(2)10/h6,9H,3-4H2,1-2H3,(H,11,12). The van der Waals surface area contributed by atoms with Crippen molar-refractivity contribution in [2.24, 2.45) is 5.92 Å². The summed E-state index contributed by atoms with van der Waals surface area (Å²) < 4.78 is 0. The first kappa shape index (κ1) is 10.8. The molecule has 0 radical (unpaired) electrons. The van der Waals surface area contributed by atoms with Crippen molar-refractivity contribution in [3.8, 4) is 0 Å². The zero-order valence-electron chi connectivity index (χ0n) is 7.26. The molecule has 0 amide bonds. The van der Waals surface area contributed by atoms with Gasteiger partial charge in [-0.15, -0.1) is 0 Å². The Labute approximate surface area is 71.1 Å². The summed E-state index contributed by atoms with van der Waals surface area (Å²) in [6, 6.07) is 0. The van der Waals surface area contributed by atoms with Crippen LogP contribution < -0.4 is 0 Å². The van der Waals surface area contributed by atoms with Crippen LogP contribution in [0.1, 0.15) is 26.7 Å². The number of carbonyl (C=O) groups excluding carboxylic acids is 1. The summed E-state index contributed by atoms with van der Waals surface area (Å²) in [6.07, 6.45) is 0.312. The van der Waals surface area contributed by atoms with Gasteiger partial charge in [0.15, 0.2) is 0 Å². The second-order valence-corrected chi connectivity index (χ2v) is 2.68. The predicted molar refractivity (Wildman–Crippen MR) is 44.4 cm³/mol. The van der Waals surface area contributed by atoms with E-state index in [1.165, 1.54) is 6.92 Å². The van der Waals surface area contributed by atoms with Crippen molar-refractivity contribution in [3.63, 3.8) is 0 Å². The topological polar surface area (TPSA) is 78.2 Å². The molecule has 0 rings (SSSR count). The van der Waals surface area contributed by atoms with Crippen molar-refractivity contribution in [2.45, 2.75) is 26.7 Å². The lowest BCUT2D eigenvalue weighted by Crippen LogP contribution is -2.24. The van der Waals surface area contributed by atoms with Crippen LogP contribution in [0.15, 0.2) is 0 Å². The molecule has 0 saturated heterocycles. The fourth-order valence-electron chi connectivity index (χ4n) is 0.893. The molecule has 0 aromatic carbocycles. The second-order valence-electron chi connectivity index (χ2n) is 2.68. The van der Waals surface area contributed by atoms with E-state index in [0.29, 0.717) is 6.42 Å². The number of aliphatic carboxylic acids is 1. The van der Waals surface area contributed by atoms with E-state index in [-0.39, 0.29) is 17.9 Å². The van der Waals surface area contributed by atoms with E-state index in [1.54, 1.807) is 6.92 Å². The quantitative estimate of drug-likeness (QED) is 0.608. The first-order chi connectivity index (χ1) is 5.49. The lowest BCUT2D eigenvalue weighted by molar-refractivity contribution is -0.141. The molecule has 12 heavy (non-hydrogen) atoms. The molecule has 2 N–H and O–H groups in total. The normalized spacial score (nSPS) is 12.2. The third kappa shape index (κ3) is 3.27. The van der Waals surface area contributed by atoms with Crippen LogP contribution in [0.3, 0.4) is 0 Å². The molecular formula is C8H13NO3. The molecule has 0 fully saturated rings. The maximum Gasteiger partial charge on any atom is 0.312 e. The molecule has 0 spiro atoms. The molecule has 1 unspecified atom stereocenters. The Morgan fingerprint density at radius 2 is 2.00 bits per heavy atom. The highest BCUT2D eigenvalue weighted by molar-refractivity contribution is 6.02. The van der Waals surface area contributed by atoms with Crippen molar-refractivity contribution in [3.05, 3.63) is 0 Å². The van der Waals surface area contributed by atoms with Gasteiger partial charge in [-0.3, -0.25) is 9.59 Å². The van der Waals surface area contributed by atoms with Gasteiger partial charge in [0.05, 0.1) is 0 Å². The van der Waals surface area contributed by atoms with Gasteiger partial charge >= 0.3 is 5.97 Å². The summed E-state index contributed by atoms with van der Waals surface area (Å²) in [7, 11) is 0. The van der Waals surface area contributed by atoms with Gasteiger partial charge in [0.25, 0.3) is 0 Å². The molecule has 0 saturated carbocycles. The van der Waals surface area contributed by atoms with Crippen LogP contribution in [0.2, 0.25) is 0 Å². The van der Waals surface area contributed by atoms with Gasteiger partial charge in [-0.2, -0.15) is 0 Å². The highest BCUT2D eigenvalue weighted by Gasteiger charge is 2.22. The fourth-order valence-corrected chi connectivity index (χ4v) is 0.893. The zero-order chi connectivity index (χ0) is 9.72. The zero-order valence-corrected chi connectivity index (χ0v) is 7.26. The van der Waals surface area contributed by atoms with E-state index in [9.17, 15) is 9.59 Å². The molecule has 0 heterocycles. The van der Waals surface area contributed by atoms with Crippen LogP contribution >= 0.6 is 0 Å². The van der Waals surface area contributed by atoms with E-state index in [2.05, 4.69) is 0 Å². The van der Waals surface area contributed by atoms with Crippen molar-refractivity contribution < 1.29 is 14.7 Å².